The summed E-state index contributed by atoms with van der Waals surface area (Å²) in [7, 11) is 1.62. The Kier molecular flexibility index (Phi) is 3.89. The molecule has 0 bridgehead atoms. The molecule has 1 saturated carbocycles. The smallest absolute Gasteiger partial charge is 0.253 e. The molecule has 1 N–H and O–H groups in total. The van der Waals surface area contributed by atoms with Crippen LogP contribution in [0.3, 0.4) is 0 Å². The molecule has 1 aromatic carbocycles. The molecule has 3 rings (SSSR count). The zero-order chi connectivity index (χ0) is 14.9. The van der Waals surface area contributed by atoms with E-state index in [-0.39, 0.29) is 11.8 Å². The van der Waals surface area contributed by atoms with Crippen molar-refractivity contribution in [3.63, 3.8) is 0 Å². The average Bonchev–Trinajstić information content (AvgIpc) is 2.53. The molecular weight excluding hydrogens is 266 g/mol. The molecule has 0 aromatic heterocycles. The van der Waals surface area contributed by atoms with E-state index in [9.17, 15) is 9.90 Å². The minimum atomic E-state index is -0.533. The first kappa shape index (κ1) is 14.4. The second-order valence-corrected chi connectivity index (χ2v) is 6.28. The van der Waals surface area contributed by atoms with Crippen molar-refractivity contribution in [2.75, 3.05) is 20.2 Å². The molecule has 2 fully saturated rings. The number of aliphatic hydroxyl groups is 1. The molecule has 21 heavy (non-hydrogen) atoms. The summed E-state index contributed by atoms with van der Waals surface area (Å²) in [6, 6.07) is 7.24. The van der Waals surface area contributed by atoms with Crippen LogP contribution in [0.5, 0.6) is 5.75 Å². The predicted octanol–water partition coefficient (Wildman–Crippen LogP) is 2.46. The van der Waals surface area contributed by atoms with Crippen LogP contribution in [0.4, 0.5) is 0 Å². The zero-order valence-electron chi connectivity index (χ0n) is 12.5. The summed E-state index contributed by atoms with van der Waals surface area (Å²) in [4.78, 5) is 14.5. The number of nitrogens with zero attached hydrogens (tertiary/aromatic N) is 1. The molecule has 4 heteroatoms. The number of hydrogen-bond acceptors (Lipinski definition) is 3. The molecule has 0 unspecified atom stereocenters. The van der Waals surface area contributed by atoms with Crippen LogP contribution in [0, 0.1) is 5.92 Å². The van der Waals surface area contributed by atoms with E-state index in [4.69, 9.17) is 4.74 Å². The van der Waals surface area contributed by atoms with Crippen molar-refractivity contribution in [1.29, 1.82) is 0 Å². The van der Waals surface area contributed by atoms with Crippen LogP contribution in [0.2, 0.25) is 0 Å². The van der Waals surface area contributed by atoms with Crippen LogP contribution in [0.15, 0.2) is 24.3 Å². The predicted molar refractivity (Wildman–Crippen MR) is 80.4 cm³/mol. The van der Waals surface area contributed by atoms with E-state index < -0.39 is 5.60 Å². The fourth-order valence-corrected chi connectivity index (χ4v) is 3.67. The van der Waals surface area contributed by atoms with E-state index in [0.717, 1.165) is 31.4 Å². The Morgan fingerprint density at radius 3 is 2.76 bits per heavy atom. The molecule has 1 heterocycles. The van der Waals surface area contributed by atoms with Crippen molar-refractivity contribution in [2.24, 2.45) is 5.92 Å². The normalized spacial score (nSPS) is 28.9. The van der Waals surface area contributed by atoms with Crippen LogP contribution >= 0.6 is 0 Å². The van der Waals surface area contributed by atoms with Gasteiger partial charge in [0.2, 0.25) is 0 Å². The summed E-state index contributed by atoms with van der Waals surface area (Å²) in [6.07, 6.45) is 4.90. The number of methoxy groups -OCH3 is 1. The maximum Gasteiger partial charge on any atom is 0.253 e. The van der Waals surface area contributed by atoms with Gasteiger partial charge in [-0.3, -0.25) is 4.79 Å². The molecule has 1 aliphatic carbocycles. The van der Waals surface area contributed by atoms with Crippen molar-refractivity contribution < 1.29 is 14.6 Å². The maximum absolute atomic E-state index is 12.6. The number of ether oxygens (including phenoxy) is 1. The van der Waals surface area contributed by atoms with Gasteiger partial charge in [0.05, 0.1) is 12.7 Å². The molecular formula is C17H23NO3. The highest BCUT2D eigenvalue weighted by Gasteiger charge is 2.43. The first-order valence-corrected chi connectivity index (χ1v) is 7.78. The summed E-state index contributed by atoms with van der Waals surface area (Å²) >= 11 is 0. The summed E-state index contributed by atoms with van der Waals surface area (Å²) < 4.78 is 5.12. The molecule has 1 saturated heterocycles. The van der Waals surface area contributed by atoms with Gasteiger partial charge in [-0.1, -0.05) is 12.8 Å². The summed E-state index contributed by atoms with van der Waals surface area (Å²) in [6.45, 7) is 1.33. The summed E-state index contributed by atoms with van der Waals surface area (Å²) in [5.41, 5.74) is 0.159. The van der Waals surface area contributed by atoms with Crippen molar-refractivity contribution >= 4 is 5.91 Å². The monoisotopic (exact) mass is 289 g/mol. The number of fused-ring (bicyclic) bond motifs is 1. The average molecular weight is 289 g/mol. The lowest BCUT2D eigenvalue weighted by atomic mass is 9.71. The highest BCUT2D eigenvalue weighted by atomic mass is 16.5. The second-order valence-electron chi connectivity index (χ2n) is 6.28. The highest BCUT2D eigenvalue weighted by Crippen LogP contribution is 2.40. The standard InChI is InChI=1S/C17H23NO3/c1-21-15-7-5-13(6-8-15)16(19)18-11-10-17(20)9-3-2-4-14(17)12-18/h5-8,14,20H,2-4,9-12H2,1H3/t14-,17-/m1/s1. The van der Waals surface area contributed by atoms with Gasteiger partial charge in [0.1, 0.15) is 5.75 Å². The van der Waals surface area contributed by atoms with Gasteiger partial charge in [0.15, 0.2) is 0 Å². The third kappa shape index (κ3) is 2.77. The van der Waals surface area contributed by atoms with Crippen LogP contribution in [-0.2, 0) is 0 Å². The highest BCUT2D eigenvalue weighted by molar-refractivity contribution is 5.94. The van der Waals surface area contributed by atoms with Crippen LogP contribution < -0.4 is 4.74 Å². The Morgan fingerprint density at radius 1 is 1.29 bits per heavy atom. The molecule has 0 radical (unpaired) electrons. The molecule has 114 valence electrons. The molecule has 1 aliphatic heterocycles. The van der Waals surface area contributed by atoms with Gasteiger partial charge in [-0.2, -0.15) is 0 Å². The largest absolute Gasteiger partial charge is 0.497 e. The Labute approximate surface area is 125 Å². The number of benzene rings is 1. The van der Waals surface area contributed by atoms with Crippen LogP contribution in [0.25, 0.3) is 0 Å². The number of rotatable bonds is 2. The van der Waals surface area contributed by atoms with E-state index in [1.807, 2.05) is 29.2 Å². The SMILES string of the molecule is COc1ccc(C(=O)N2CC[C@]3(O)CCCC[C@@H]3C2)cc1. The number of likely N-dealkylation sites (tertiary alicyclic amines) is 1. The van der Waals surface area contributed by atoms with Gasteiger partial charge in [-0.25, -0.2) is 0 Å². The van der Waals surface area contributed by atoms with Gasteiger partial charge in [-0.05, 0) is 43.5 Å². The molecule has 2 aliphatic rings. The van der Waals surface area contributed by atoms with Crippen molar-refractivity contribution in [3.05, 3.63) is 29.8 Å². The van der Waals surface area contributed by atoms with Crippen molar-refractivity contribution in [2.45, 2.75) is 37.7 Å². The molecule has 1 amide bonds. The topological polar surface area (TPSA) is 49.8 Å². The van der Waals surface area contributed by atoms with Gasteiger partial charge in [0, 0.05) is 24.6 Å². The van der Waals surface area contributed by atoms with Gasteiger partial charge in [-0.15, -0.1) is 0 Å². The van der Waals surface area contributed by atoms with Gasteiger partial charge < -0.3 is 14.7 Å². The van der Waals surface area contributed by atoms with E-state index in [0.29, 0.717) is 25.1 Å². The zero-order valence-corrected chi connectivity index (χ0v) is 12.5. The Hall–Kier alpha value is -1.55. The number of piperidine rings is 1. The quantitative estimate of drug-likeness (QED) is 0.910. The van der Waals surface area contributed by atoms with Crippen molar-refractivity contribution in [3.8, 4) is 5.75 Å². The Morgan fingerprint density at radius 2 is 2.05 bits per heavy atom. The third-order valence-electron chi connectivity index (χ3n) is 5.05. The Bertz CT molecular complexity index is 513. The lowest BCUT2D eigenvalue weighted by molar-refractivity contribution is -0.0886. The minimum Gasteiger partial charge on any atom is -0.497 e. The number of carbonyl (C=O) groups excluding carboxylic acids is 1. The number of amides is 1. The van der Waals surface area contributed by atoms with E-state index >= 15 is 0 Å². The van der Waals surface area contributed by atoms with Crippen LogP contribution in [-0.4, -0.2) is 41.7 Å². The first-order valence-electron chi connectivity index (χ1n) is 7.78. The molecule has 0 spiro atoms. The molecule has 1 aromatic rings. The fourth-order valence-electron chi connectivity index (χ4n) is 3.67. The van der Waals surface area contributed by atoms with E-state index in [1.165, 1.54) is 0 Å². The van der Waals surface area contributed by atoms with Gasteiger partial charge in [0.25, 0.3) is 5.91 Å². The summed E-state index contributed by atoms with van der Waals surface area (Å²) in [5, 5.41) is 10.7. The number of hydrogen-bond donors (Lipinski definition) is 1. The minimum absolute atomic E-state index is 0.0604. The van der Waals surface area contributed by atoms with Crippen LogP contribution in [0.1, 0.15) is 42.5 Å². The van der Waals surface area contributed by atoms with Gasteiger partial charge >= 0.3 is 0 Å². The Balaban J connectivity index is 1.70. The van der Waals surface area contributed by atoms with Crippen molar-refractivity contribution in [1.82, 2.24) is 4.90 Å². The third-order valence-corrected chi connectivity index (χ3v) is 5.05. The lowest BCUT2D eigenvalue weighted by Gasteiger charge is -2.47. The second kappa shape index (κ2) is 5.68. The molecule has 2 atom stereocenters. The fraction of sp³-hybridized carbons (Fsp3) is 0.588. The van der Waals surface area contributed by atoms with E-state index in [1.54, 1.807) is 7.11 Å². The number of carbonyl (C=O) groups is 1. The van der Waals surface area contributed by atoms with E-state index in [2.05, 4.69) is 0 Å². The maximum atomic E-state index is 12.6. The molecule has 4 nitrogen and oxygen atoms in total. The lowest BCUT2D eigenvalue weighted by Crippen LogP contribution is -2.54. The first-order chi connectivity index (χ1) is 10.1. The summed E-state index contributed by atoms with van der Waals surface area (Å²) in [5.74, 6) is 1.05.